The maximum atomic E-state index is 6.28. The molecule has 0 amide bonds. The molecule has 1 atom stereocenters. The van der Waals surface area contributed by atoms with E-state index in [2.05, 4.69) is 47.2 Å². The lowest BCUT2D eigenvalue weighted by atomic mass is 9.83. The Morgan fingerprint density at radius 1 is 1.05 bits per heavy atom. The Morgan fingerprint density at radius 2 is 1.95 bits per heavy atom. The van der Waals surface area contributed by atoms with Gasteiger partial charge in [-0.1, -0.05) is 41.9 Å². The van der Waals surface area contributed by atoms with Crippen LogP contribution in [0.25, 0.3) is 10.9 Å². The van der Waals surface area contributed by atoms with Crippen molar-refractivity contribution in [2.45, 2.75) is 31.7 Å². The molecule has 1 heterocycles. The van der Waals surface area contributed by atoms with Gasteiger partial charge in [0.1, 0.15) is 0 Å². The number of aryl methyl sites for hydroxylation is 1. The summed E-state index contributed by atoms with van der Waals surface area (Å²) in [5.41, 5.74) is 4.31. The van der Waals surface area contributed by atoms with Crippen LogP contribution in [0.2, 0.25) is 5.02 Å². The van der Waals surface area contributed by atoms with Gasteiger partial charge in [-0.2, -0.15) is 0 Å². The molecule has 0 radical (unpaired) electrons. The highest BCUT2D eigenvalue weighted by atomic mass is 35.5. The molecule has 2 aromatic carbocycles. The molecule has 1 aliphatic carbocycles. The van der Waals surface area contributed by atoms with Gasteiger partial charge in [0, 0.05) is 34.6 Å². The fourth-order valence-electron chi connectivity index (χ4n) is 3.63. The van der Waals surface area contributed by atoms with E-state index in [1.54, 1.807) is 0 Å². The molecule has 0 fully saturated rings. The Bertz CT molecular complexity index is 787. The SMILES string of the molecule is Clc1cccc2c1ccn2CC1CCCc2ccccc21. The molecule has 106 valence electrons. The van der Waals surface area contributed by atoms with Gasteiger partial charge in [-0.05, 0) is 48.6 Å². The third-order valence-electron chi connectivity index (χ3n) is 4.67. The second-order valence-corrected chi connectivity index (χ2v) is 6.34. The van der Waals surface area contributed by atoms with Crippen molar-refractivity contribution in [3.8, 4) is 0 Å². The van der Waals surface area contributed by atoms with E-state index in [1.165, 1.54) is 35.9 Å². The maximum Gasteiger partial charge on any atom is 0.0499 e. The van der Waals surface area contributed by atoms with Crippen LogP contribution in [0.5, 0.6) is 0 Å². The van der Waals surface area contributed by atoms with E-state index in [9.17, 15) is 0 Å². The van der Waals surface area contributed by atoms with Gasteiger partial charge >= 0.3 is 0 Å². The Hall–Kier alpha value is -1.73. The van der Waals surface area contributed by atoms with Gasteiger partial charge in [0.2, 0.25) is 0 Å². The highest BCUT2D eigenvalue weighted by Gasteiger charge is 2.20. The average Bonchev–Trinajstić information content (AvgIpc) is 2.92. The van der Waals surface area contributed by atoms with Crippen molar-refractivity contribution in [1.29, 1.82) is 0 Å². The third-order valence-corrected chi connectivity index (χ3v) is 5.00. The molecule has 0 saturated carbocycles. The van der Waals surface area contributed by atoms with E-state index in [4.69, 9.17) is 11.6 Å². The smallest absolute Gasteiger partial charge is 0.0499 e. The zero-order valence-corrected chi connectivity index (χ0v) is 12.7. The van der Waals surface area contributed by atoms with Crippen LogP contribution in [-0.2, 0) is 13.0 Å². The van der Waals surface area contributed by atoms with Gasteiger partial charge in [0.05, 0.1) is 0 Å². The maximum absolute atomic E-state index is 6.28. The first-order valence-corrected chi connectivity index (χ1v) is 8.02. The van der Waals surface area contributed by atoms with Crippen LogP contribution >= 0.6 is 11.6 Å². The van der Waals surface area contributed by atoms with Crippen molar-refractivity contribution < 1.29 is 0 Å². The summed E-state index contributed by atoms with van der Waals surface area (Å²) in [5.74, 6) is 0.615. The minimum atomic E-state index is 0.615. The molecule has 2 heteroatoms. The third kappa shape index (κ3) is 2.26. The van der Waals surface area contributed by atoms with E-state index in [0.29, 0.717) is 5.92 Å². The first kappa shape index (κ1) is 13.0. The average molecular weight is 296 g/mol. The molecule has 0 N–H and O–H groups in total. The van der Waals surface area contributed by atoms with E-state index in [1.807, 2.05) is 12.1 Å². The van der Waals surface area contributed by atoms with E-state index in [0.717, 1.165) is 17.0 Å². The highest BCUT2D eigenvalue weighted by molar-refractivity contribution is 6.35. The minimum Gasteiger partial charge on any atom is -0.347 e. The lowest BCUT2D eigenvalue weighted by Crippen LogP contribution is -2.15. The van der Waals surface area contributed by atoms with Crippen molar-refractivity contribution in [3.05, 3.63) is 70.9 Å². The van der Waals surface area contributed by atoms with Gasteiger partial charge in [0.15, 0.2) is 0 Å². The van der Waals surface area contributed by atoms with Crippen molar-refractivity contribution >= 4 is 22.5 Å². The van der Waals surface area contributed by atoms with Crippen LogP contribution in [-0.4, -0.2) is 4.57 Å². The van der Waals surface area contributed by atoms with Crippen molar-refractivity contribution in [3.63, 3.8) is 0 Å². The Morgan fingerprint density at radius 3 is 2.90 bits per heavy atom. The molecule has 0 bridgehead atoms. The Labute approximate surface area is 130 Å². The molecule has 1 unspecified atom stereocenters. The summed E-state index contributed by atoms with van der Waals surface area (Å²) in [6, 6.07) is 17.2. The monoisotopic (exact) mass is 295 g/mol. The van der Waals surface area contributed by atoms with Crippen LogP contribution in [0, 0.1) is 0 Å². The second-order valence-electron chi connectivity index (χ2n) is 5.93. The lowest BCUT2D eigenvalue weighted by molar-refractivity contribution is 0.490. The lowest BCUT2D eigenvalue weighted by Gasteiger charge is -2.26. The summed E-state index contributed by atoms with van der Waals surface area (Å²) in [4.78, 5) is 0. The van der Waals surface area contributed by atoms with Gasteiger partial charge in [-0.15, -0.1) is 0 Å². The summed E-state index contributed by atoms with van der Waals surface area (Å²) in [5, 5.41) is 2.00. The molecule has 1 aromatic heterocycles. The number of fused-ring (bicyclic) bond motifs is 2. The van der Waals surface area contributed by atoms with Crippen LogP contribution in [0.4, 0.5) is 0 Å². The van der Waals surface area contributed by atoms with Crippen molar-refractivity contribution in [2.75, 3.05) is 0 Å². The number of aromatic nitrogens is 1. The molecular formula is C19H18ClN. The molecule has 0 saturated heterocycles. The second kappa shape index (κ2) is 5.23. The normalized spacial score (nSPS) is 17.9. The largest absolute Gasteiger partial charge is 0.347 e. The van der Waals surface area contributed by atoms with Gasteiger partial charge in [0.25, 0.3) is 0 Å². The fourth-order valence-corrected chi connectivity index (χ4v) is 3.86. The van der Waals surface area contributed by atoms with E-state index >= 15 is 0 Å². The quantitative estimate of drug-likeness (QED) is 0.595. The molecule has 1 nitrogen and oxygen atoms in total. The number of benzene rings is 2. The summed E-state index contributed by atoms with van der Waals surface area (Å²) in [6.07, 6.45) is 5.97. The van der Waals surface area contributed by atoms with E-state index < -0.39 is 0 Å². The fraction of sp³-hybridized carbons (Fsp3) is 0.263. The topological polar surface area (TPSA) is 4.93 Å². The molecule has 21 heavy (non-hydrogen) atoms. The summed E-state index contributed by atoms with van der Waals surface area (Å²) < 4.78 is 2.36. The molecule has 1 aliphatic rings. The van der Waals surface area contributed by atoms with Gasteiger partial charge in [-0.3, -0.25) is 0 Å². The zero-order chi connectivity index (χ0) is 14.2. The first-order valence-electron chi connectivity index (χ1n) is 7.64. The predicted molar refractivity (Wildman–Crippen MR) is 89.1 cm³/mol. The molecule has 4 rings (SSSR count). The van der Waals surface area contributed by atoms with Crippen LogP contribution in [0.1, 0.15) is 29.9 Å². The van der Waals surface area contributed by atoms with Gasteiger partial charge < -0.3 is 4.57 Å². The number of hydrogen-bond acceptors (Lipinski definition) is 0. The number of rotatable bonds is 2. The molecular weight excluding hydrogens is 278 g/mol. The molecule has 0 aliphatic heterocycles. The summed E-state index contributed by atoms with van der Waals surface area (Å²) in [6.45, 7) is 1.04. The molecule has 3 aromatic rings. The van der Waals surface area contributed by atoms with Crippen LogP contribution in [0.15, 0.2) is 54.7 Å². The van der Waals surface area contributed by atoms with Crippen molar-refractivity contribution in [1.82, 2.24) is 4.57 Å². The minimum absolute atomic E-state index is 0.615. The zero-order valence-electron chi connectivity index (χ0n) is 11.9. The number of halogens is 1. The molecule has 0 spiro atoms. The van der Waals surface area contributed by atoms with Gasteiger partial charge in [-0.25, -0.2) is 0 Å². The van der Waals surface area contributed by atoms with Crippen LogP contribution < -0.4 is 0 Å². The predicted octanol–water partition coefficient (Wildman–Crippen LogP) is 5.41. The number of nitrogens with zero attached hydrogens (tertiary/aromatic N) is 1. The summed E-state index contributed by atoms with van der Waals surface area (Å²) in [7, 11) is 0. The standard InChI is InChI=1S/C19H18ClN/c20-18-9-4-10-19-17(18)11-12-21(19)13-15-7-3-6-14-5-1-2-8-16(14)15/h1-2,4-5,8-12,15H,3,6-7,13H2. The van der Waals surface area contributed by atoms with Crippen LogP contribution in [0.3, 0.4) is 0 Å². The summed E-state index contributed by atoms with van der Waals surface area (Å²) >= 11 is 6.28. The first-order chi connectivity index (χ1) is 10.3. The number of hydrogen-bond donors (Lipinski definition) is 0. The van der Waals surface area contributed by atoms with E-state index in [-0.39, 0.29) is 0 Å². The van der Waals surface area contributed by atoms with Crippen molar-refractivity contribution in [2.24, 2.45) is 0 Å². The Kier molecular flexibility index (Phi) is 3.23. The highest BCUT2D eigenvalue weighted by Crippen LogP contribution is 2.34. The Balaban J connectivity index is 1.71.